The summed E-state index contributed by atoms with van der Waals surface area (Å²) in [7, 11) is 0. The molecule has 3 heterocycles. The second-order valence-electron chi connectivity index (χ2n) is 5.25. The number of fused-ring (bicyclic) bond motifs is 1. The molecule has 0 saturated carbocycles. The number of nitrogens with one attached hydrogen (secondary N) is 1. The quantitative estimate of drug-likeness (QED) is 0.900. The summed E-state index contributed by atoms with van der Waals surface area (Å²) >= 11 is 0. The van der Waals surface area contributed by atoms with E-state index < -0.39 is 0 Å². The maximum Gasteiger partial charge on any atom is 0.245 e. The molecular formula is C14H19N5O2. The number of hydrogen-bond donors (Lipinski definition) is 1. The van der Waals surface area contributed by atoms with Crippen LogP contribution in [0, 0.1) is 6.92 Å². The third-order valence-corrected chi connectivity index (χ3v) is 3.52. The Labute approximate surface area is 122 Å². The summed E-state index contributed by atoms with van der Waals surface area (Å²) < 4.78 is 6.97. The van der Waals surface area contributed by atoms with Crippen LogP contribution in [0.3, 0.4) is 0 Å². The SMILES string of the molecule is Cc1ccc2nc(NC(C)C(=O)N3CCOCC3)nn2c1. The zero-order chi connectivity index (χ0) is 14.8. The minimum atomic E-state index is -0.360. The number of carbonyl (C=O) groups is 1. The number of morpholine rings is 1. The highest BCUT2D eigenvalue weighted by Gasteiger charge is 2.23. The average Bonchev–Trinajstić information content (AvgIpc) is 2.88. The molecule has 0 bridgehead atoms. The maximum atomic E-state index is 12.3. The van der Waals surface area contributed by atoms with Gasteiger partial charge in [0.2, 0.25) is 11.9 Å². The standard InChI is InChI=1S/C14H19N5O2/c1-10-3-4-12-16-14(17-19(12)9-10)15-11(2)13(20)18-5-7-21-8-6-18/h3-4,9,11H,5-8H2,1-2H3,(H,15,17). The van der Waals surface area contributed by atoms with Crippen LogP contribution in [-0.4, -0.2) is 57.8 Å². The first-order valence-corrected chi connectivity index (χ1v) is 7.09. The average molecular weight is 289 g/mol. The third kappa shape index (κ3) is 2.97. The number of amides is 1. The second-order valence-corrected chi connectivity index (χ2v) is 5.25. The molecule has 3 rings (SSSR count). The number of hydrogen-bond acceptors (Lipinski definition) is 5. The van der Waals surface area contributed by atoms with Gasteiger partial charge in [-0.1, -0.05) is 6.07 Å². The highest BCUT2D eigenvalue weighted by atomic mass is 16.5. The lowest BCUT2D eigenvalue weighted by atomic mass is 10.2. The van der Waals surface area contributed by atoms with Gasteiger partial charge in [0.15, 0.2) is 5.65 Å². The Hall–Kier alpha value is -2.15. The van der Waals surface area contributed by atoms with Crippen molar-refractivity contribution < 1.29 is 9.53 Å². The highest BCUT2D eigenvalue weighted by Crippen LogP contribution is 2.09. The highest BCUT2D eigenvalue weighted by molar-refractivity contribution is 5.84. The molecule has 0 aromatic carbocycles. The summed E-state index contributed by atoms with van der Waals surface area (Å²) in [5.41, 5.74) is 1.87. The summed E-state index contributed by atoms with van der Waals surface area (Å²) in [4.78, 5) is 18.5. The number of aromatic nitrogens is 3. The molecule has 7 nitrogen and oxygen atoms in total. The zero-order valence-electron chi connectivity index (χ0n) is 12.2. The van der Waals surface area contributed by atoms with Gasteiger partial charge in [-0.3, -0.25) is 4.79 Å². The normalized spacial score (nSPS) is 17.0. The monoisotopic (exact) mass is 289 g/mol. The van der Waals surface area contributed by atoms with Crippen LogP contribution in [0.25, 0.3) is 5.65 Å². The van der Waals surface area contributed by atoms with Crippen LogP contribution in [-0.2, 0) is 9.53 Å². The molecule has 1 amide bonds. The minimum Gasteiger partial charge on any atom is -0.378 e. The Morgan fingerprint density at radius 1 is 1.38 bits per heavy atom. The van der Waals surface area contributed by atoms with Crippen molar-refractivity contribution in [3.8, 4) is 0 Å². The van der Waals surface area contributed by atoms with Gasteiger partial charge in [0.25, 0.3) is 0 Å². The summed E-state index contributed by atoms with van der Waals surface area (Å²) in [5.74, 6) is 0.517. The Kier molecular flexibility index (Phi) is 3.74. The predicted octanol–water partition coefficient (Wildman–Crippen LogP) is 0.697. The van der Waals surface area contributed by atoms with Crippen molar-refractivity contribution in [2.45, 2.75) is 19.9 Å². The van der Waals surface area contributed by atoms with E-state index in [1.165, 1.54) is 0 Å². The Bertz CT molecular complexity index is 648. The maximum absolute atomic E-state index is 12.3. The zero-order valence-corrected chi connectivity index (χ0v) is 12.2. The van der Waals surface area contributed by atoms with Gasteiger partial charge in [0.1, 0.15) is 6.04 Å². The molecule has 1 aliphatic heterocycles. The largest absolute Gasteiger partial charge is 0.378 e. The molecule has 112 valence electrons. The first-order chi connectivity index (χ1) is 10.1. The molecule has 2 aromatic rings. The van der Waals surface area contributed by atoms with Crippen LogP contribution in [0.15, 0.2) is 18.3 Å². The first-order valence-electron chi connectivity index (χ1n) is 7.09. The van der Waals surface area contributed by atoms with E-state index in [1.807, 2.05) is 32.2 Å². The fourth-order valence-electron chi connectivity index (χ4n) is 2.36. The summed E-state index contributed by atoms with van der Waals surface area (Å²) in [6.45, 7) is 6.31. The van der Waals surface area contributed by atoms with E-state index in [4.69, 9.17) is 4.74 Å². The van der Waals surface area contributed by atoms with E-state index >= 15 is 0 Å². The van der Waals surface area contributed by atoms with Crippen LogP contribution < -0.4 is 5.32 Å². The summed E-state index contributed by atoms with van der Waals surface area (Å²) in [6.07, 6.45) is 1.90. The fraction of sp³-hybridized carbons (Fsp3) is 0.500. The van der Waals surface area contributed by atoms with Crippen molar-refractivity contribution in [3.05, 3.63) is 23.9 Å². The van der Waals surface area contributed by atoms with Gasteiger partial charge in [-0.2, -0.15) is 4.98 Å². The lowest BCUT2D eigenvalue weighted by molar-refractivity contribution is -0.135. The lowest BCUT2D eigenvalue weighted by Gasteiger charge is -2.29. The Morgan fingerprint density at radius 3 is 2.90 bits per heavy atom. The van der Waals surface area contributed by atoms with E-state index in [1.54, 1.807) is 9.42 Å². The Balaban J connectivity index is 1.70. The number of rotatable bonds is 3. The van der Waals surface area contributed by atoms with Crippen molar-refractivity contribution in [1.82, 2.24) is 19.5 Å². The van der Waals surface area contributed by atoms with Crippen LogP contribution in [0.2, 0.25) is 0 Å². The van der Waals surface area contributed by atoms with Gasteiger partial charge in [0, 0.05) is 19.3 Å². The van der Waals surface area contributed by atoms with E-state index in [-0.39, 0.29) is 11.9 Å². The number of carbonyl (C=O) groups excluding carboxylic acids is 1. The van der Waals surface area contributed by atoms with Crippen LogP contribution in [0.5, 0.6) is 0 Å². The van der Waals surface area contributed by atoms with Crippen LogP contribution in [0.4, 0.5) is 5.95 Å². The van der Waals surface area contributed by atoms with E-state index in [2.05, 4.69) is 15.4 Å². The lowest BCUT2D eigenvalue weighted by Crippen LogP contribution is -2.47. The van der Waals surface area contributed by atoms with Gasteiger partial charge in [-0.05, 0) is 25.5 Å². The van der Waals surface area contributed by atoms with Crippen molar-refractivity contribution >= 4 is 17.5 Å². The molecule has 21 heavy (non-hydrogen) atoms. The molecule has 1 fully saturated rings. The molecule has 0 aliphatic carbocycles. The topological polar surface area (TPSA) is 71.8 Å². The van der Waals surface area contributed by atoms with Crippen molar-refractivity contribution in [2.24, 2.45) is 0 Å². The number of nitrogens with zero attached hydrogens (tertiary/aromatic N) is 4. The summed E-state index contributed by atoms with van der Waals surface area (Å²) in [5, 5.41) is 7.41. The number of ether oxygens (including phenoxy) is 1. The first kappa shape index (κ1) is 13.8. The molecule has 1 aliphatic rings. The van der Waals surface area contributed by atoms with Gasteiger partial charge >= 0.3 is 0 Å². The van der Waals surface area contributed by atoms with E-state index in [0.29, 0.717) is 32.3 Å². The van der Waals surface area contributed by atoms with Crippen molar-refractivity contribution in [1.29, 1.82) is 0 Å². The molecule has 1 saturated heterocycles. The number of aryl methyl sites for hydroxylation is 1. The number of pyridine rings is 1. The fourth-order valence-corrected chi connectivity index (χ4v) is 2.36. The number of anilines is 1. The van der Waals surface area contributed by atoms with E-state index in [0.717, 1.165) is 11.2 Å². The smallest absolute Gasteiger partial charge is 0.245 e. The van der Waals surface area contributed by atoms with Gasteiger partial charge in [-0.15, -0.1) is 5.10 Å². The van der Waals surface area contributed by atoms with Crippen molar-refractivity contribution in [3.63, 3.8) is 0 Å². The molecule has 1 atom stereocenters. The predicted molar refractivity (Wildman–Crippen MR) is 78.2 cm³/mol. The Morgan fingerprint density at radius 2 is 2.14 bits per heavy atom. The molecule has 0 radical (unpaired) electrons. The molecule has 1 unspecified atom stereocenters. The van der Waals surface area contributed by atoms with Crippen LogP contribution in [0.1, 0.15) is 12.5 Å². The van der Waals surface area contributed by atoms with E-state index in [9.17, 15) is 4.79 Å². The third-order valence-electron chi connectivity index (χ3n) is 3.52. The van der Waals surface area contributed by atoms with Crippen LogP contribution >= 0.6 is 0 Å². The molecule has 7 heteroatoms. The van der Waals surface area contributed by atoms with Gasteiger partial charge in [0.05, 0.1) is 13.2 Å². The second kappa shape index (κ2) is 5.69. The van der Waals surface area contributed by atoms with Crippen molar-refractivity contribution in [2.75, 3.05) is 31.6 Å². The molecule has 1 N–H and O–H groups in total. The minimum absolute atomic E-state index is 0.0494. The molecular weight excluding hydrogens is 270 g/mol. The summed E-state index contributed by atoms with van der Waals surface area (Å²) in [6, 6.07) is 3.53. The molecule has 0 spiro atoms. The molecule has 2 aromatic heterocycles. The van der Waals surface area contributed by atoms with Gasteiger partial charge < -0.3 is 15.0 Å². The van der Waals surface area contributed by atoms with Gasteiger partial charge in [-0.25, -0.2) is 4.52 Å².